The second-order valence-electron chi connectivity index (χ2n) is 9.08. The van der Waals surface area contributed by atoms with Crippen molar-refractivity contribution < 1.29 is 23.8 Å². The van der Waals surface area contributed by atoms with E-state index in [1.807, 2.05) is 0 Å². The van der Waals surface area contributed by atoms with E-state index in [0.717, 1.165) is 26.2 Å². The molecule has 192 valence electrons. The zero-order valence-electron chi connectivity index (χ0n) is 21.5. The minimum absolute atomic E-state index is 0.369. The van der Waals surface area contributed by atoms with Crippen molar-refractivity contribution in [3.8, 4) is 11.5 Å². The Labute approximate surface area is 212 Å². The summed E-state index contributed by atoms with van der Waals surface area (Å²) in [5.41, 5.74) is 5.37. The fourth-order valence-corrected chi connectivity index (χ4v) is 4.81. The van der Waals surface area contributed by atoms with E-state index < -0.39 is 12.0 Å². The number of ether oxygens (including phenoxy) is 3. The third kappa shape index (κ3) is 5.26. The highest BCUT2D eigenvalue weighted by molar-refractivity contribution is 5.95. The smallest absolute Gasteiger partial charge is 0.338 e. The Morgan fingerprint density at radius 3 is 2.36 bits per heavy atom. The summed E-state index contributed by atoms with van der Waals surface area (Å²) in [5.74, 6) is 0.578. The molecule has 0 spiro atoms. The Bertz CT molecular complexity index is 1170. The van der Waals surface area contributed by atoms with Crippen molar-refractivity contribution in [2.75, 3.05) is 59.0 Å². The number of carbonyl (C=O) groups excluding carboxylic acids is 2. The lowest BCUT2D eigenvalue weighted by Crippen LogP contribution is -2.51. The number of rotatable bonds is 7. The van der Waals surface area contributed by atoms with Crippen molar-refractivity contribution in [2.24, 2.45) is 0 Å². The quantitative estimate of drug-likeness (QED) is 0.572. The van der Waals surface area contributed by atoms with Gasteiger partial charge in [-0.25, -0.2) is 9.59 Å². The minimum Gasteiger partial charge on any atom is -0.493 e. The summed E-state index contributed by atoms with van der Waals surface area (Å²) in [6, 6.07) is 10.8. The van der Waals surface area contributed by atoms with Crippen LogP contribution in [0.2, 0.25) is 0 Å². The molecule has 0 aromatic heterocycles. The van der Waals surface area contributed by atoms with Gasteiger partial charge in [0.15, 0.2) is 11.5 Å². The summed E-state index contributed by atoms with van der Waals surface area (Å²) < 4.78 is 15.9. The maximum absolute atomic E-state index is 12.9. The van der Waals surface area contributed by atoms with Crippen LogP contribution in [0.4, 0.5) is 10.5 Å². The summed E-state index contributed by atoms with van der Waals surface area (Å²) in [6.07, 6.45) is 0. The number of piperazine rings is 1. The molecule has 2 amide bonds. The van der Waals surface area contributed by atoms with Crippen molar-refractivity contribution >= 4 is 17.7 Å². The van der Waals surface area contributed by atoms with Gasteiger partial charge in [-0.1, -0.05) is 18.2 Å². The summed E-state index contributed by atoms with van der Waals surface area (Å²) in [7, 11) is 4.45. The fourth-order valence-electron chi connectivity index (χ4n) is 4.81. The minimum atomic E-state index is -0.683. The molecule has 0 bridgehead atoms. The molecule has 0 radical (unpaired) electrons. The van der Waals surface area contributed by atoms with Gasteiger partial charge < -0.3 is 29.7 Å². The molecule has 2 aromatic carbocycles. The van der Waals surface area contributed by atoms with Crippen LogP contribution in [0, 0.1) is 13.8 Å². The largest absolute Gasteiger partial charge is 0.493 e. The lowest BCUT2D eigenvalue weighted by Gasteiger charge is -2.38. The summed E-state index contributed by atoms with van der Waals surface area (Å²) in [6.45, 7) is 7.99. The van der Waals surface area contributed by atoms with E-state index >= 15 is 0 Å². The highest BCUT2D eigenvalue weighted by Gasteiger charge is 2.35. The standard InChI is InChI=1S/C27H34N4O5/c1-17-6-7-18(2)21(14-17)31-12-10-30(11-13-31)16-20-24(26(32)36-5)25(29-27(33)28-20)19-8-9-22(34-3)23(15-19)35-4/h6-9,14-15,25H,10-13,16H2,1-5H3,(H2,28,29,33)/t25-/m1/s1. The van der Waals surface area contributed by atoms with Crippen molar-refractivity contribution in [2.45, 2.75) is 19.9 Å². The first kappa shape index (κ1) is 25.4. The van der Waals surface area contributed by atoms with Crippen LogP contribution in [0.5, 0.6) is 11.5 Å². The van der Waals surface area contributed by atoms with Crippen molar-refractivity contribution in [3.05, 3.63) is 64.4 Å². The van der Waals surface area contributed by atoms with Gasteiger partial charge in [0.1, 0.15) is 0 Å². The fraction of sp³-hybridized carbons (Fsp3) is 0.407. The average Bonchev–Trinajstić information content (AvgIpc) is 2.89. The summed E-state index contributed by atoms with van der Waals surface area (Å²) in [4.78, 5) is 30.2. The van der Waals surface area contributed by atoms with Gasteiger partial charge in [-0.2, -0.15) is 0 Å². The summed E-state index contributed by atoms with van der Waals surface area (Å²) in [5, 5.41) is 5.72. The first-order valence-corrected chi connectivity index (χ1v) is 12.0. The number of benzene rings is 2. The lowest BCUT2D eigenvalue weighted by molar-refractivity contribution is -0.136. The van der Waals surface area contributed by atoms with Gasteiger partial charge in [-0.3, -0.25) is 4.90 Å². The van der Waals surface area contributed by atoms with Crippen LogP contribution in [-0.4, -0.2) is 71.0 Å². The Balaban J connectivity index is 1.58. The Kier molecular flexibility index (Phi) is 7.69. The van der Waals surface area contributed by atoms with E-state index in [2.05, 4.69) is 52.5 Å². The number of urea groups is 1. The number of hydrogen-bond donors (Lipinski definition) is 2. The number of nitrogens with zero attached hydrogens (tertiary/aromatic N) is 2. The zero-order valence-corrected chi connectivity index (χ0v) is 21.5. The number of methoxy groups -OCH3 is 3. The predicted octanol–water partition coefficient (Wildman–Crippen LogP) is 2.92. The highest BCUT2D eigenvalue weighted by Crippen LogP contribution is 2.34. The van der Waals surface area contributed by atoms with Gasteiger partial charge in [0.2, 0.25) is 0 Å². The molecular weight excluding hydrogens is 460 g/mol. The van der Waals surface area contributed by atoms with E-state index in [-0.39, 0.29) is 6.03 Å². The molecule has 2 aromatic rings. The van der Waals surface area contributed by atoms with Crippen LogP contribution in [0.25, 0.3) is 0 Å². The van der Waals surface area contributed by atoms with Gasteiger partial charge in [0.05, 0.1) is 32.9 Å². The van der Waals surface area contributed by atoms with Gasteiger partial charge in [-0.05, 0) is 48.7 Å². The third-order valence-electron chi connectivity index (χ3n) is 6.76. The van der Waals surface area contributed by atoms with Crippen LogP contribution in [-0.2, 0) is 9.53 Å². The maximum Gasteiger partial charge on any atom is 0.338 e. The van der Waals surface area contributed by atoms with Crippen LogP contribution in [0.3, 0.4) is 0 Å². The van der Waals surface area contributed by atoms with Crippen LogP contribution < -0.4 is 25.0 Å². The lowest BCUT2D eigenvalue weighted by atomic mass is 9.94. The Morgan fingerprint density at radius 1 is 0.972 bits per heavy atom. The first-order valence-electron chi connectivity index (χ1n) is 12.0. The maximum atomic E-state index is 12.9. The Morgan fingerprint density at radius 2 is 1.69 bits per heavy atom. The number of amides is 2. The molecular formula is C27H34N4O5. The molecule has 2 aliphatic rings. The topological polar surface area (TPSA) is 92.4 Å². The second-order valence-corrected chi connectivity index (χ2v) is 9.08. The van der Waals surface area contributed by atoms with Gasteiger partial charge in [0.25, 0.3) is 0 Å². The van der Waals surface area contributed by atoms with E-state index in [9.17, 15) is 9.59 Å². The molecule has 0 unspecified atom stereocenters. The molecule has 9 heteroatoms. The predicted molar refractivity (Wildman–Crippen MR) is 138 cm³/mol. The molecule has 0 saturated carbocycles. The summed E-state index contributed by atoms with van der Waals surface area (Å²) >= 11 is 0. The van der Waals surface area contributed by atoms with Gasteiger partial charge >= 0.3 is 12.0 Å². The molecule has 1 saturated heterocycles. The number of anilines is 1. The van der Waals surface area contributed by atoms with Crippen molar-refractivity contribution in [3.63, 3.8) is 0 Å². The average molecular weight is 495 g/mol. The first-order chi connectivity index (χ1) is 17.3. The molecule has 4 rings (SSSR count). The molecule has 1 atom stereocenters. The molecule has 36 heavy (non-hydrogen) atoms. The second kappa shape index (κ2) is 10.9. The monoisotopic (exact) mass is 494 g/mol. The van der Waals surface area contributed by atoms with Crippen LogP contribution in [0.1, 0.15) is 22.7 Å². The van der Waals surface area contributed by atoms with Crippen molar-refractivity contribution in [1.29, 1.82) is 0 Å². The van der Waals surface area contributed by atoms with Crippen LogP contribution >= 0.6 is 0 Å². The Hall–Kier alpha value is -3.72. The van der Waals surface area contributed by atoms with E-state index in [4.69, 9.17) is 14.2 Å². The zero-order chi connectivity index (χ0) is 25.8. The molecule has 2 aliphatic heterocycles. The van der Waals surface area contributed by atoms with Gasteiger partial charge in [0, 0.05) is 44.1 Å². The molecule has 1 fully saturated rings. The van der Waals surface area contributed by atoms with Gasteiger partial charge in [-0.15, -0.1) is 0 Å². The third-order valence-corrected chi connectivity index (χ3v) is 6.76. The van der Waals surface area contributed by atoms with Crippen molar-refractivity contribution in [1.82, 2.24) is 15.5 Å². The normalized spacial score (nSPS) is 18.4. The molecule has 2 N–H and O–H groups in total. The highest BCUT2D eigenvalue weighted by atomic mass is 16.5. The van der Waals surface area contributed by atoms with E-state index in [0.29, 0.717) is 34.9 Å². The SMILES string of the molecule is COC(=O)C1=C(CN2CCN(c3cc(C)ccc3C)CC2)NC(=O)N[C@@H]1c1ccc(OC)c(OC)c1. The molecule has 0 aliphatic carbocycles. The number of carbonyl (C=O) groups is 2. The molecule has 2 heterocycles. The van der Waals surface area contributed by atoms with Crippen LogP contribution in [0.15, 0.2) is 47.7 Å². The molecule has 9 nitrogen and oxygen atoms in total. The number of aryl methyl sites for hydroxylation is 2. The van der Waals surface area contributed by atoms with E-state index in [1.165, 1.54) is 23.9 Å². The number of nitrogens with one attached hydrogen (secondary N) is 2. The number of esters is 1. The number of hydrogen-bond acceptors (Lipinski definition) is 7. The van der Waals surface area contributed by atoms with E-state index in [1.54, 1.807) is 32.4 Å².